The zero-order valence-corrected chi connectivity index (χ0v) is 14.6. The summed E-state index contributed by atoms with van der Waals surface area (Å²) < 4.78 is 6.78. The van der Waals surface area contributed by atoms with E-state index in [0.717, 1.165) is 6.42 Å². The van der Waals surface area contributed by atoms with E-state index in [-0.39, 0.29) is 22.9 Å². The molecule has 0 aromatic carbocycles. The monoisotopic (exact) mass is 365 g/mol. The van der Waals surface area contributed by atoms with Crippen molar-refractivity contribution in [2.75, 3.05) is 5.75 Å². The molecule has 4 rings (SSSR count). The number of nitrogens with zero attached hydrogens (tertiary/aromatic N) is 3. The fraction of sp³-hybridized carbons (Fsp3) is 0.467. The topological polar surface area (TPSA) is 81.0 Å². The number of hydrogen-bond acceptors (Lipinski definition) is 7. The van der Waals surface area contributed by atoms with Crippen molar-refractivity contribution in [3.05, 3.63) is 33.7 Å². The molecule has 2 aromatic heterocycles. The predicted molar refractivity (Wildman–Crippen MR) is 89.9 cm³/mol. The number of carbonyl (C=O) groups excluding carboxylic acids is 2. The van der Waals surface area contributed by atoms with Crippen molar-refractivity contribution in [1.82, 2.24) is 14.3 Å². The fourth-order valence-electron chi connectivity index (χ4n) is 3.20. The van der Waals surface area contributed by atoms with E-state index in [2.05, 4.69) is 4.98 Å². The molecule has 1 amide bonds. The van der Waals surface area contributed by atoms with Gasteiger partial charge in [0.1, 0.15) is 12.6 Å². The van der Waals surface area contributed by atoms with E-state index < -0.39 is 12.0 Å². The molecule has 9 heteroatoms. The number of carbonyl (C=O) groups is 2. The Morgan fingerprint density at radius 1 is 1.50 bits per heavy atom. The Morgan fingerprint density at radius 3 is 3.17 bits per heavy atom. The molecule has 2 aliphatic heterocycles. The van der Waals surface area contributed by atoms with Gasteiger partial charge in [0.2, 0.25) is 5.91 Å². The smallest absolute Gasteiger partial charge is 0.330 e. The first-order chi connectivity index (χ1) is 11.5. The zero-order valence-electron chi connectivity index (χ0n) is 12.9. The quantitative estimate of drug-likeness (QED) is 0.762. The number of thiazole rings is 1. The summed E-state index contributed by atoms with van der Waals surface area (Å²) in [5.41, 5.74) is 0.211. The van der Waals surface area contributed by atoms with Gasteiger partial charge in [-0.15, -0.1) is 23.1 Å². The van der Waals surface area contributed by atoms with Crippen molar-refractivity contribution >= 4 is 39.9 Å². The first-order valence-electron chi connectivity index (χ1n) is 7.56. The number of aromatic nitrogens is 2. The SMILES string of the molecule is C[C@]12CCC(=O)N1[C@H](C(=O)OCc1cc(=O)n3ccsc3n1)CS2. The Labute approximate surface area is 145 Å². The average Bonchev–Trinajstić information content (AvgIpc) is 3.21. The largest absolute Gasteiger partial charge is 0.458 e. The molecule has 2 fully saturated rings. The summed E-state index contributed by atoms with van der Waals surface area (Å²) >= 11 is 2.96. The molecule has 24 heavy (non-hydrogen) atoms. The van der Waals surface area contributed by atoms with Crippen LogP contribution in [0.5, 0.6) is 0 Å². The van der Waals surface area contributed by atoms with Gasteiger partial charge in [-0.3, -0.25) is 14.0 Å². The molecule has 0 aliphatic carbocycles. The van der Waals surface area contributed by atoms with Crippen LogP contribution in [0.25, 0.3) is 4.96 Å². The van der Waals surface area contributed by atoms with Crippen molar-refractivity contribution in [2.24, 2.45) is 0 Å². The van der Waals surface area contributed by atoms with E-state index in [4.69, 9.17) is 4.74 Å². The number of amides is 1. The highest BCUT2D eigenvalue weighted by Crippen LogP contribution is 2.47. The molecule has 4 heterocycles. The van der Waals surface area contributed by atoms with Gasteiger partial charge >= 0.3 is 5.97 Å². The lowest BCUT2D eigenvalue weighted by Crippen LogP contribution is -2.46. The van der Waals surface area contributed by atoms with Crippen LogP contribution in [-0.2, 0) is 20.9 Å². The average molecular weight is 365 g/mol. The van der Waals surface area contributed by atoms with Gasteiger partial charge in [-0.2, -0.15) is 0 Å². The second-order valence-corrected chi connectivity index (χ2v) is 8.39. The standard InChI is InChI=1S/C15H15N3O4S2/c1-15-3-2-11(19)18(15)10(8-24-15)13(21)22-7-9-6-12(20)17-4-5-23-14(17)16-9/h4-6,10H,2-3,7-8H2,1H3/t10-,15-/m0/s1. The van der Waals surface area contributed by atoms with Gasteiger partial charge in [-0.1, -0.05) is 0 Å². The Bertz CT molecular complexity index is 892. The van der Waals surface area contributed by atoms with Crippen LogP contribution in [0.2, 0.25) is 0 Å². The molecule has 0 radical (unpaired) electrons. The first kappa shape index (κ1) is 15.6. The highest BCUT2D eigenvalue weighted by atomic mass is 32.2. The number of ether oxygens (including phenoxy) is 1. The third-order valence-corrected chi connectivity index (χ3v) is 6.70. The Morgan fingerprint density at radius 2 is 2.33 bits per heavy atom. The second-order valence-electron chi connectivity index (χ2n) is 6.01. The van der Waals surface area contributed by atoms with Gasteiger partial charge in [0.15, 0.2) is 4.96 Å². The van der Waals surface area contributed by atoms with Crippen LogP contribution in [-0.4, -0.2) is 42.8 Å². The molecule has 0 bridgehead atoms. The second kappa shape index (κ2) is 5.59. The number of fused-ring (bicyclic) bond motifs is 2. The van der Waals surface area contributed by atoms with Crippen molar-refractivity contribution in [3.8, 4) is 0 Å². The van der Waals surface area contributed by atoms with E-state index in [9.17, 15) is 14.4 Å². The molecular weight excluding hydrogens is 350 g/mol. The first-order valence-corrected chi connectivity index (χ1v) is 9.43. The lowest BCUT2D eigenvalue weighted by atomic mass is 10.2. The molecule has 2 saturated heterocycles. The summed E-state index contributed by atoms with van der Waals surface area (Å²) in [5.74, 6) is 0.108. The third kappa shape index (κ3) is 2.42. The van der Waals surface area contributed by atoms with E-state index >= 15 is 0 Å². The molecule has 2 aromatic rings. The van der Waals surface area contributed by atoms with Crippen LogP contribution in [0, 0.1) is 0 Å². The summed E-state index contributed by atoms with van der Waals surface area (Å²) in [4.78, 5) is 42.6. The minimum atomic E-state index is -0.554. The van der Waals surface area contributed by atoms with Gasteiger partial charge < -0.3 is 9.64 Å². The normalized spacial score (nSPS) is 26.1. The van der Waals surface area contributed by atoms with Crippen LogP contribution < -0.4 is 5.56 Å². The molecular formula is C15H15N3O4S2. The fourth-order valence-corrected chi connectivity index (χ4v) is 5.35. The number of esters is 1. The zero-order chi connectivity index (χ0) is 16.9. The van der Waals surface area contributed by atoms with Crippen LogP contribution in [0.3, 0.4) is 0 Å². The molecule has 2 aliphatic rings. The van der Waals surface area contributed by atoms with Crippen molar-refractivity contribution in [1.29, 1.82) is 0 Å². The molecule has 7 nitrogen and oxygen atoms in total. The third-order valence-electron chi connectivity index (χ3n) is 4.44. The molecule has 0 spiro atoms. The summed E-state index contributed by atoms with van der Waals surface area (Å²) in [7, 11) is 0. The summed E-state index contributed by atoms with van der Waals surface area (Å²) in [6, 6.07) is 0.809. The molecule has 2 atom stereocenters. The Hall–Kier alpha value is -1.87. The summed E-state index contributed by atoms with van der Waals surface area (Å²) in [6.07, 6.45) is 2.88. The van der Waals surface area contributed by atoms with Crippen molar-refractivity contribution < 1.29 is 14.3 Å². The molecule has 0 saturated carbocycles. The van der Waals surface area contributed by atoms with Gasteiger partial charge in [-0.05, 0) is 13.3 Å². The number of hydrogen-bond donors (Lipinski definition) is 0. The molecule has 0 unspecified atom stereocenters. The van der Waals surface area contributed by atoms with E-state index in [0.29, 0.717) is 22.8 Å². The van der Waals surface area contributed by atoms with Crippen molar-refractivity contribution in [2.45, 2.75) is 37.3 Å². The number of rotatable bonds is 3. The van der Waals surface area contributed by atoms with Crippen LogP contribution in [0.15, 0.2) is 22.4 Å². The van der Waals surface area contributed by atoms with Crippen LogP contribution >= 0.6 is 23.1 Å². The van der Waals surface area contributed by atoms with Crippen LogP contribution in [0.4, 0.5) is 0 Å². The minimum absolute atomic E-state index is 0.000764. The highest BCUT2D eigenvalue weighted by Gasteiger charge is 2.53. The predicted octanol–water partition coefficient (Wildman–Crippen LogP) is 1.25. The summed E-state index contributed by atoms with van der Waals surface area (Å²) in [6.45, 7) is 1.92. The van der Waals surface area contributed by atoms with Crippen LogP contribution in [0.1, 0.15) is 25.5 Å². The van der Waals surface area contributed by atoms with Gasteiger partial charge in [0.25, 0.3) is 5.56 Å². The summed E-state index contributed by atoms with van der Waals surface area (Å²) in [5, 5.41) is 1.77. The maximum atomic E-state index is 12.4. The van der Waals surface area contributed by atoms with E-state index in [1.54, 1.807) is 28.2 Å². The van der Waals surface area contributed by atoms with Gasteiger partial charge in [0, 0.05) is 29.8 Å². The Balaban J connectivity index is 1.48. The Kier molecular flexibility index (Phi) is 3.65. The maximum absolute atomic E-state index is 12.4. The van der Waals surface area contributed by atoms with Gasteiger partial charge in [0.05, 0.1) is 10.6 Å². The lowest BCUT2D eigenvalue weighted by Gasteiger charge is -2.29. The molecule has 0 N–H and O–H groups in total. The van der Waals surface area contributed by atoms with E-state index in [1.807, 2.05) is 6.92 Å². The minimum Gasteiger partial charge on any atom is -0.458 e. The lowest BCUT2D eigenvalue weighted by molar-refractivity contribution is -0.154. The van der Waals surface area contributed by atoms with Crippen molar-refractivity contribution in [3.63, 3.8) is 0 Å². The van der Waals surface area contributed by atoms with E-state index in [1.165, 1.54) is 21.8 Å². The maximum Gasteiger partial charge on any atom is 0.330 e. The highest BCUT2D eigenvalue weighted by molar-refractivity contribution is 8.01. The molecule has 126 valence electrons. The van der Waals surface area contributed by atoms with Gasteiger partial charge in [-0.25, -0.2) is 9.78 Å². The number of thioether (sulfide) groups is 1.